The third-order valence-electron chi connectivity index (χ3n) is 1.49. The van der Waals surface area contributed by atoms with Crippen molar-refractivity contribution in [3.63, 3.8) is 0 Å². The molecular weight excluding hydrogens is 168 g/mol. The number of anilines is 1. The standard InChI is InChI=1S/C9H10N2O2/c1-6(12)7-3-2-4-8(5-7)11-9(10)13/h2-5H,1H3,(H3,10,11,13)/i/hT. The molecule has 0 aliphatic carbocycles. The molecule has 0 saturated heterocycles. The van der Waals surface area contributed by atoms with E-state index in [4.69, 9.17) is 7.15 Å². The van der Waals surface area contributed by atoms with Crippen molar-refractivity contribution in [1.82, 2.24) is 0 Å². The van der Waals surface area contributed by atoms with E-state index in [9.17, 15) is 9.59 Å². The summed E-state index contributed by atoms with van der Waals surface area (Å²) in [6.45, 7) is 1.41. The van der Waals surface area contributed by atoms with Gasteiger partial charge in [0, 0.05) is 11.3 Å². The number of nitrogens with one attached hydrogen (secondary N) is 1. The van der Waals surface area contributed by atoms with E-state index in [2.05, 4.69) is 0 Å². The predicted molar refractivity (Wildman–Crippen MR) is 49.7 cm³/mol. The number of carbonyl (C=O) groups excluding carboxylic acids is 2. The molecule has 2 amide bonds. The molecule has 68 valence electrons. The van der Waals surface area contributed by atoms with Gasteiger partial charge in [-0.15, -0.1) is 0 Å². The van der Waals surface area contributed by atoms with Gasteiger partial charge in [0.2, 0.25) is 0 Å². The maximum Gasteiger partial charge on any atom is 0.316 e. The number of benzene rings is 1. The number of nitrogens with two attached hydrogens (primary N) is 1. The Morgan fingerprint density at radius 3 is 2.77 bits per heavy atom. The molecule has 4 heteroatoms. The fourth-order valence-electron chi connectivity index (χ4n) is 0.922. The number of primary amides is 1. The van der Waals surface area contributed by atoms with Crippen LogP contribution in [0.5, 0.6) is 0 Å². The summed E-state index contributed by atoms with van der Waals surface area (Å²) in [5.41, 5.74) is 5.64. The largest absolute Gasteiger partial charge is 0.351 e. The van der Waals surface area contributed by atoms with Gasteiger partial charge in [0.25, 0.3) is 0 Å². The quantitative estimate of drug-likeness (QED) is 0.675. The van der Waals surface area contributed by atoms with Crippen LogP contribution in [-0.2, 0) is 0 Å². The molecule has 13 heavy (non-hydrogen) atoms. The summed E-state index contributed by atoms with van der Waals surface area (Å²) in [5.74, 6) is -0.121. The molecule has 0 heterocycles. The van der Waals surface area contributed by atoms with Crippen molar-refractivity contribution < 1.29 is 11.0 Å². The van der Waals surface area contributed by atoms with Crippen LogP contribution in [0.25, 0.3) is 0 Å². The molecule has 0 aliphatic rings. The van der Waals surface area contributed by atoms with Crippen molar-refractivity contribution >= 4 is 17.5 Å². The smallest absolute Gasteiger partial charge is 0.316 e. The van der Waals surface area contributed by atoms with Gasteiger partial charge in [-0.2, -0.15) is 0 Å². The number of hydrogen-bond acceptors (Lipinski definition) is 2. The van der Waals surface area contributed by atoms with E-state index in [1.54, 1.807) is 12.1 Å². The van der Waals surface area contributed by atoms with E-state index in [-0.39, 0.29) is 11.5 Å². The molecule has 1 rings (SSSR count). The first-order chi connectivity index (χ1) is 6.52. The number of rotatable bonds is 2. The average molecular weight is 180 g/mol. The van der Waals surface area contributed by atoms with Crippen LogP contribution in [0.4, 0.5) is 10.5 Å². The third-order valence-corrected chi connectivity index (χ3v) is 1.49. The Balaban J connectivity index is 3.05. The molecule has 0 aromatic heterocycles. The van der Waals surface area contributed by atoms with E-state index in [0.717, 1.165) is 0 Å². The summed E-state index contributed by atoms with van der Waals surface area (Å²) in [6, 6.07) is 5.30. The molecule has 0 bridgehead atoms. The Bertz CT molecular complexity index is 379. The normalized spacial score (nSPS) is 10.4. The van der Waals surface area contributed by atoms with Gasteiger partial charge in [-0.3, -0.25) is 4.79 Å². The summed E-state index contributed by atoms with van der Waals surface area (Å²) >= 11 is 0. The lowest BCUT2D eigenvalue weighted by molar-refractivity contribution is 0.101. The zero-order chi connectivity index (χ0) is 10.7. The summed E-state index contributed by atoms with van der Waals surface area (Å²) in [5, 5.41) is 0.534. The first kappa shape index (κ1) is 7.79. The number of Topliss-reactive ketones (excluding diaryl/α,β-unsaturated/α-hetero) is 1. The van der Waals surface area contributed by atoms with E-state index in [1.165, 1.54) is 19.1 Å². The van der Waals surface area contributed by atoms with Crippen LogP contribution in [0.15, 0.2) is 24.3 Å². The molecule has 0 unspecified atom stereocenters. The third kappa shape index (κ3) is 2.59. The lowest BCUT2D eigenvalue weighted by Crippen LogP contribution is -2.19. The first-order valence-corrected chi connectivity index (χ1v) is 3.72. The van der Waals surface area contributed by atoms with Crippen molar-refractivity contribution in [2.75, 3.05) is 5.31 Å². The molecule has 0 atom stereocenters. The zero-order valence-electron chi connectivity index (χ0n) is 8.15. The maximum atomic E-state index is 11.0. The molecule has 1 aromatic carbocycles. The Hall–Kier alpha value is -1.84. The second kappa shape index (κ2) is 3.71. The average Bonchev–Trinajstić information content (AvgIpc) is 2.16. The zero-order valence-corrected chi connectivity index (χ0v) is 7.15. The second-order valence-corrected chi connectivity index (χ2v) is 2.56. The van der Waals surface area contributed by atoms with Crippen LogP contribution >= 0.6 is 0 Å². The van der Waals surface area contributed by atoms with Crippen LogP contribution in [0, 0.1) is 0 Å². The number of urea groups is 1. The fourth-order valence-corrected chi connectivity index (χ4v) is 0.922. The Kier molecular flexibility index (Phi) is 2.22. The van der Waals surface area contributed by atoms with Crippen LogP contribution in [0.1, 0.15) is 17.3 Å². The molecule has 3 N–H and O–H groups in total. The number of hydrogen-bond donors (Lipinski definition) is 2. The Labute approximate surface area is 77.2 Å². The maximum absolute atomic E-state index is 11.0. The fraction of sp³-hybridized carbons (Fsp3) is 0.111. The van der Waals surface area contributed by atoms with Gasteiger partial charge < -0.3 is 11.0 Å². The Morgan fingerprint density at radius 1 is 1.54 bits per heavy atom. The van der Waals surface area contributed by atoms with E-state index in [0.29, 0.717) is 10.9 Å². The highest BCUT2D eigenvalue weighted by Crippen LogP contribution is 2.10. The molecule has 0 saturated carbocycles. The molecular formula is C9H10N2O2. The predicted octanol–water partition coefficient (Wildman–Crippen LogP) is 1.38. The van der Waals surface area contributed by atoms with Crippen LogP contribution in [0.2, 0.25) is 1.41 Å². The number of ketones is 1. The summed E-state index contributed by atoms with van der Waals surface area (Å²) in [6.07, 6.45) is 0. The topological polar surface area (TPSA) is 72.2 Å². The first-order valence-electron chi connectivity index (χ1n) is 4.16. The van der Waals surface area contributed by atoms with Crippen molar-refractivity contribution in [3.8, 4) is 0 Å². The molecule has 0 aliphatic heterocycles. The molecule has 0 radical (unpaired) electrons. The molecule has 0 spiro atoms. The number of amides is 2. The highest BCUT2D eigenvalue weighted by atomic mass is 16.2. The van der Waals surface area contributed by atoms with Gasteiger partial charge in [0.1, 0.15) is 0 Å². The van der Waals surface area contributed by atoms with E-state index in [1.807, 2.05) is 0 Å². The minimum absolute atomic E-state index is 0.121. The van der Waals surface area contributed by atoms with Crippen molar-refractivity contribution in [1.29, 1.82) is 0 Å². The van der Waals surface area contributed by atoms with Crippen LogP contribution in [0.3, 0.4) is 0 Å². The van der Waals surface area contributed by atoms with Crippen molar-refractivity contribution in [2.45, 2.75) is 6.92 Å². The van der Waals surface area contributed by atoms with Gasteiger partial charge in [-0.1, -0.05) is 12.1 Å². The van der Waals surface area contributed by atoms with Gasteiger partial charge in [-0.05, 0) is 19.1 Å². The van der Waals surface area contributed by atoms with E-state index >= 15 is 0 Å². The highest BCUT2D eigenvalue weighted by Gasteiger charge is 2.00. The lowest BCUT2D eigenvalue weighted by atomic mass is 10.1. The SMILES string of the molecule is [3H]N(C(N)=O)c1cccc(C(C)=O)c1. The molecule has 1 aromatic rings. The number of carbonyl (C=O) groups is 2. The minimum Gasteiger partial charge on any atom is -0.351 e. The van der Waals surface area contributed by atoms with Gasteiger partial charge >= 0.3 is 6.03 Å². The summed E-state index contributed by atoms with van der Waals surface area (Å²) in [7, 11) is 0. The highest BCUT2D eigenvalue weighted by molar-refractivity contribution is 5.96. The van der Waals surface area contributed by atoms with Gasteiger partial charge in [0.05, 0.1) is 0 Å². The van der Waals surface area contributed by atoms with Crippen molar-refractivity contribution in [2.24, 2.45) is 5.73 Å². The van der Waals surface area contributed by atoms with Crippen LogP contribution in [-0.4, -0.2) is 11.8 Å². The summed E-state index contributed by atoms with van der Waals surface area (Å²) < 4.78 is 7.25. The Morgan fingerprint density at radius 2 is 2.23 bits per heavy atom. The summed E-state index contributed by atoms with van der Waals surface area (Å²) in [4.78, 5) is 21.7. The minimum atomic E-state index is -0.884. The van der Waals surface area contributed by atoms with E-state index < -0.39 is 6.03 Å². The monoisotopic (exact) mass is 180 g/mol. The van der Waals surface area contributed by atoms with Crippen molar-refractivity contribution in [3.05, 3.63) is 29.8 Å². The molecule has 0 fully saturated rings. The lowest BCUT2D eigenvalue weighted by Gasteiger charge is -2.02. The second-order valence-electron chi connectivity index (χ2n) is 2.56. The molecule has 4 nitrogen and oxygen atoms in total. The van der Waals surface area contributed by atoms with Crippen LogP contribution < -0.4 is 11.0 Å². The van der Waals surface area contributed by atoms with Gasteiger partial charge in [-0.25, -0.2) is 4.79 Å². The van der Waals surface area contributed by atoms with Gasteiger partial charge in [0.15, 0.2) is 7.20 Å².